The van der Waals surface area contributed by atoms with E-state index in [9.17, 15) is 23.2 Å². The molecule has 0 aliphatic rings. The predicted octanol–water partition coefficient (Wildman–Crippen LogP) is 1.59. The Morgan fingerprint density at radius 2 is 1.69 bits per heavy atom. The van der Waals surface area contributed by atoms with Crippen LogP contribution in [0.2, 0.25) is 0 Å². The van der Waals surface area contributed by atoms with Crippen molar-refractivity contribution in [2.45, 2.75) is 0 Å². The summed E-state index contributed by atoms with van der Waals surface area (Å²) in [5.74, 6) is -4.27. The molecule has 0 aliphatic heterocycles. The maximum atomic E-state index is 13.7. The molecule has 2 aromatic rings. The number of halogens is 2. The first kappa shape index (κ1) is 18.8. The van der Waals surface area contributed by atoms with E-state index in [1.54, 1.807) is 0 Å². The van der Waals surface area contributed by atoms with Crippen molar-refractivity contribution in [1.29, 1.82) is 0 Å². The number of benzene rings is 2. The van der Waals surface area contributed by atoms with Crippen LogP contribution in [0.25, 0.3) is 0 Å². The van der Waals surface area contributed by atoms with Crippen molar-refractivity contribution in [3.05, 3.63) is 65.2 Å². The van der Waals surface area contributed by atoms with Gasteiger partial charge < -0.3 is 9.47 Å². The maximum absolute atomic E-state index is 13.7. The highest BCUT2D eigenvalue weighted by Crippen LogP contribution is 2.16. The Bertz CT molecular complexity index is 842. The summed E-state index contributed by atoms with van der Waals surface area (Å²) < 4.78 is 36.6. The Morgan fingerprint density at radius 1 is 0.962 bits per heavy atom. The van der Waals surface area contributed by atoms with E-state index >= 15 is 0 Å². The molecule has 0 saturated heterocycles. The molecular weight excluding hydrogens is 350 g/mol. The second-order valence-corrected chi connectivity index (χ2v) is 4.90. The lowest BCUT2D eigenvalue weighted by atomic mass is 10.2. The smallest absolute Gasteiger partial charge is 0.341 e. The number of ether oxygens (including phenoxy) is 2. The normalized spacial score (nSPS) is 9.96. The molecule has 0 radical (unpaired) electrons. The molecular formula is C17H14F2N2O5. The molecule has 26 heavy (non-hydrogen) atoms. The van der Waals surface area contributed by atoms with E-state index in [0.717, 1.165) is 18.2 Å². The van der Waals surface area contributed by atoms with Gasteiger partial charge in [0.1, 0.15) is 17.4 Å². The Labute approximate surface area is 146 Å². The van der Waals surface area contributed by atoms with E-state index in [-0.39, 0.29) is 16.9 Å². The van der Waals surface area contributed by atoms with Gasteiger partial charge in [-0.05, 0) is 24.3 Å². The fourth-order valence-corrected chi connectivity index (χ4v) is 1.87. The number of carbonyl (C=O) groups is 3. The Balaban J connectivity index is 1.84. The van der Waals surface area contributed by atoms with Crippen LogP contribution in [-0.4, -0.2) is 31.5 Å². The summed E-state index contributed by atoms with van der Waals surface area (Å²) in [5.41, 5.74) is 3.27. The predicted molar refractivity (Wildman–Crippen MR) is 85.2 cm³/mol. The van der Waals surface area contributed by atoms with Crippen molar-refractivity contribution in [2.75, 3.05) is 13.7 Å². The third kappa shape index (κ3) is 4.76. The van der Waals surface area contributed by atoms with Crippen molar-refractivity contribution >= 4 is 17.8 Å². The minimum absolute atomic E-state index is 0.215. The summed E-state index contributed by atoms with van der Waals surface area (Å²) in [7, 11) is 1.34. The molecule has 0 saturated carbocycles. The van der Waals surface area contributed by atoms with Crippen LogP contribution in [-0.2, 0) is 9.53 Å². The number of methoxy groups -OCH3 is 1. The largest absolute Gasteiger partial charge is 0.497 e. The summed E-state index contributed by atoms with van der Waals surface area (Å²) in [6.07, 6.45) is 0. The molecule has 9 heteroatoms. The minimum Gasteiger partial charge on any atom is -0.497 e. The number of hydrogen-bond donors (Lipinski definition) is 2. The van der Waals surface area contributed by atoms with Gasteiger partial charge in [-0.15, -0.1) is 0 Å². The number of rotatable bonds is 5. The van der Waals surface area contributed by atoms with Crippen LogP contribution < -0.4 is 15.6 Å². The van der Waals surface area contributed by atoms with E-state index < -0.39 is 36.0 Å². The first-order chi connectivity index (χ1) is 12.4. The molecule has 0 unspecified atom stereocenters. The number of nitrogens with one attached hydrogen (secondary N) is 2. The lowest BCUT2D eigenvalue weighted by Gasteiger charge is -2.09. The van der Waals surface area contributed by atoms with Crippen LogP contribution >= 0.6 is 0 Å². The zero-order valence-corrected chi connectivity index (χ0v) is 13.5. The Kier molecular flexibility index (Phi) is 6.20. The van der Waals surface area contributed by atoms with Crippen molar-refractivity contribution in [3.63, 3.8) is 0 Å². The van der Waals surface area contributed by atoms with Gasteiger partial charge in [0, 0.05) is 6.07 Å². The van der Waals surface area contributed by atoms with Gasteiger partial charge in [0.25, 0.3) is 11.8 Å². The number of carbonyl (C=O) groups excluding carboxylic acids is 3. The van der Waals surface area contributed by atoms with Crippen LogP contribution in [0.1, 0.15) is 20.7 Å². The SMILES string of the molecule is COc1ccc(C(=O)OCC(=O)NNC(=O)c2ccccc2F)c(F)c1. The fourth-order valence-electron chi connectivity index (χ4n) is 1.87. The van der Waals surface area contributed by atoms with Gasteiger partial charge in [0.05, 0.1) is 18.2 Å². The van der Waals surface area contributed by atoms with Crippen molar-refractivity contribution in [1.82, 2.24) is 10.9 Å². The van der Waals surface area contributed by atoms with Crippen molar-refractivity contribution in [2.24, 2.45) is 0 Å². The highest BCUT2D eigenvalue weighted by molar-refractivity contribution is 5.96. The minimum atomic E-state index is -1.07. The van der Waals surface area contributed by atoms with Gasteiger partial charge in [-0.3, -0.25) is 20.4 Å². The molecule has 0 aliphatic carbocycles. The van der Waals surface area contributed by atoms with Crippen molar-refractivity contribution < 1.29 is 32.6 Å². The number of hydrogen-bond acceptors (Lipinski definition) is 5. The molecule has 2 amide bonds. The monoisotopic (exact) mass is 364 g/mol. The molecule has 7 nitrogen and oxygen atoms in total. The zero-order chi connectivity index (χ0) is 19.1. The van der Waals surface area contributed by atoms with Gasteiger partial charge in [-0.2, -0.15) is 0 Å². The van der Waals surface area contributed by atoms with Gasteiger partial charge in [-0.1, -0.05) is 12.1 Å². The van der Waals surface area contributed by atoms with Gasteiger partial charge in [0.15, 0.2) is 6.61 Å². The molecule has 0 fully saturated rings. The average molecular weight is 364 g/mol. The topological polar surface area (TPSA) is 93.7 Å². The number of amides is 2. The molecule has 0 atom stereocenters. The molecule has 0 heterocycles. The highest BCUT2D eigenvalue weighted by atomic mass is 19.1. The molecule has 136 valence electrons. The highest BCUT2D eigenvalue weighted by Gasteiger charge is 2.16. The summed E-state index contributed by atoms with van der Waals surface area (Å²) in [6, 6.07) is 8.66. The average Bonchev–Trinajstić information content (AvgIpc) is 2.64. The lowest BCUT2D eigenvalue weighted by Crippen LogP contribution is -2.43. The van der Waals surface area contributed by atoms with Crippen LogP contribution in [0.15, 0.2) is 42.5 Å². The maximum Gasteiger partial charge on any atom is 0.341 e. The summed E-state index contributed by atoms with van der Waals surface area (Å²) in [4.78, 5) is 35.0. The summed E-state index contributed by atoms with van der Waals surface area (Å²) in [5, 5.41) is 0. The van der Waals surface area contributed by atoms with Gasteiger partial charge in [-0.25, -0.2) is 13.6 Å². The van der Waals surface area contributed by atoms with E-state index in [2.05, 4.69) is 4.74 Å². The fraction of sp³-hybridized carbons (Fsp3) is 0.118. The molecule has 2 rings (SSSR count). The van der Waals surface area contributed by atoms with E-state index in [4.69, 9.17) is 4.74 Å². The standard InChI is InChI=1S/C17H14F2N2O5/c1-25-10-6-7-12(14(19)8-10)17(24)26-9-15(22)20-21-16(23)11-4-2-3-5-13(11)18/h2-8H,9H2,1H3,(H,20,22)(H,21,23). The summed E-state index contributed by atoms with van der Waals surface area (Å²) in [6.45, 7) is -0.776. The quantitative estimate of drug-likeness (QED) is 0.621. The lowest BCUT2D eigenvalue weighted by molar-refractivity contribution is -0.125. The first-order valence-corrected chi connectivity index (χ1v) is 7.26. The molecule has 2 N–H and O–H groups in total. The third-order valence-electron chi connectivity index (χ3n) is 3.16. The van der Waals surface area contributed by atoms with Gasteiger partial charge in [0.2, 0.25) is 0 Å². The molecule has 0 spiro atoms. The zero-order valence-electron chi connectivity index (χ0n) is 13.5. The molecule has 0 bridgehead atoms. The first-order valence-electron chi connectivity index (χ1n) is 7.26. The van der Waals surface area contributed by atoms with Crippen LogP contribution in [0.3, 0.4) is 0 Å². The number of hydrazine groups is 1. The van der Waals surface area contributed by atoms with Crippen molar-refractivity contribution in [3.8, 4) is 5.75 Å². The summed E-state index contributed by atoms with van der Waals surface area (Å²) >= 11 is 0. The molecule has 2 aromatic carbocycles. The Hall–Kier alpha value is -3.49. The van der Waals surface area contributed by atoms with E-state index in [0.29, 0.717) is 0 Å². The molecule has 0 aromatic heterocycles. The van der Waals surface area contributed by atoms with Crippen LogP contribution in [0.5, 0.6) is 5.75 Å². The second kappa shape index (κ2) is 8.56. The number of esters is 1. The van der Waals surface area contributed by atoms with Gasteiger partial charge >= 0.3 is 5.97 Å². The third-order valence-corrected chi connectivity index (χ3v) is 3.16. The van der Waals surface area contributed by atoms with E-state index in [1.165, 1.54) is 31.4 Å². The second-order valence-electron chi connectivity index (χ2n) is 4.90. The van der Waals surface area contributed by atoms with Crippen LogP contribution in [0, 0.1) is 11.6 Å². The van der Waals surface area contributed by atoms with E-state index in [1.807, 2.05) is 10.9 Å². The Morgan fingerprint density at radius 3 is 2.35 bits per heavy atom. The van der Waals surface area contributed by atoms with Crippen LogP contribution in [0.4, 0.5) is 8.78 Å².